The molecule has 1 rings (SSSR count). The SMILES string of the molecule is C#CCN(CC)S(=O)(=O)c1cc(CN)c(OC)c(OC)c1. The molecule has 0 heterocycles. The van der Waals surface area contributed by atoms with Crippen molar-refractivity contribution in [2.24, 2.45) is 5.73 Å². The van der Waals surface area contributed by atoms with Crippen molar-refractivity contribution in [3.63, 3.8) is 0 Å². The first-order valence-corrected chi connectivity index (χ1v) is 7.78. The highest BCUT2D eigenvalue weighted by molar-refractivity contribution is 7.89. The third kappa shape index (κ3) is 3.47. The van der Waals surface area contributed by atoms with Crippen LogP contribution in [0.25, 0.3) is 0 Å². The molecular weight excluding hydrogens is 292 g/mol. The summed E-state index contributed by atoms with van der Waals surface area (Å²) in [6.45, 7) is 2.13. The zero-order chi connectivity index (χ0) is 16.0. The number of sulfonamides is 1. The van der Waals surface area contributed by atoms with Crippen LogP contribution in [-0.4, -0.2) is 40.0 Å². The molecule has 0 saturated carbocycles. The smallest absolute Gasteiger partial charge is 0.244 e. The van der Waals surface area contributed by atoms with E-state index in [1.54, 1.807) is 6.92 Å². The van der Waals surface area contributed by atoms with Gasteiger partial charge in [-0.1, -0.05) is 12.8 Å². The molecule has 0 amide bonds. The minimum atomic E-state index is -3.70. The van der Waals surface area contributed by atoms with Crippen molar-refractivity contribution in [1.82, 2.24) is 4.31 Å². The van der Waals surface area contributed by atoms with E-state index in [-0.39, 0.29) is 24.5 Å². The molecule has 0 atom stereocenters. The Morgan fingerprint density at radius 3 is 2.43 bits per heavy atom. The molecule has 0 aliphatic rings. The van der Waals surface area contributed by atoms with E-state index >= 15 is 0 Å². The Balaban J connectivity index is 3.46. The molecule has 2 N–H and O–H groups in total. The molecule has 0 spiro atoms. The molecule has 0 unspecified atom stereocenters. The first kappa shape index (κ1) is 17.3. The summed E-state index contributed by atoms with van der Waals surface area (Å²) in [5.41, 5.74) is 6.20. The Morgan fingerprint density at radius 1 is 1.33 bits per heavy atom. The van der Waals surface area contributed by atoms with Crippen LogP contribution in [0.1, 0.15) is 12.5 Å². The molecule has 0 aromatic heterocycles. The molecule has 1 aromatic carbocycles. The fourth-order valence-corrected chi connectivity index (χ4v) is 3.36. The molecule has 0 aliphatic carbocycles. The number of ether oxygens (including phenoxy) is 2. The molecule has 0 radical (unpaired) electrons. The Kier molecular flexibility index (Phi) is 6.03. The van der Waals surface area contributed by atoms with Crippen LogP contribution >= 0.6 is 0 Å². The first-order valence-electron chi connectivity index (χ1n) is 6.34. The molecule has 0 bridgehead atoms. The highest BCUT2D eigenvalue weighted by atomic mass is 32.2. The summed E-state index contributed by atoms with van der Waals surface area (Å²) in [7, 11) is -0.792. The topological polar surface area (TPSA) is 81.9 Å². The third-order valence-corrected chi connectivity index (χ3v) is 4.91. The summed E-state index contributed by atoms with van der Waals surface area (Å²) in [6, 6.07) is 2.89. The summed E-state index contributed by atoms with van der Waals surface area (Å²) in [5, 5.41) is 0. The lowest BCUT2D eigenvalue weighted by Crippen LogP contribution is -2.31. The normalized spacial score (nSPS) is 11.2. The maximum absolute atomic E-state index is 12.6. The number of benzene rings is 1. The maximum atomic E-state index is 12.6. The van der Waals surface area contributed by atoms with Gasteiger partial charge in [-0.3, -0.25) is 0 Å². The fraction of sp³-hybridized carbons (Fsp3) is 0.429. The van der Waals surface area contributed by atoms with Crippen molar-refractivity contribution in [1.29, 1.82) is 0 Å². The summed E-state index contributed by atoms with van der Waals surface area (Å²) in [6.07, 6.45) is 5.22. The van der Waals surface area contributed by atoms with Crippen LogP contribution in [0.3, 0.4) is 0 Å². The van der Waals surface area contributed by atoms with E-state index in [9.17, 15) is 8.42 Å². The van der Waals surface area contributed by atoms with E-state index in [1.165, 1.54) is 30.7 Å². The average Bonchev–Trinajstić information content (AvgIpc) is 2.50. The van der Waals surface area contributed by atoms with Gasteiger partial charge in [-0.15, -0.1) is 6.42 Å². The molecule has 0 saturated heterocycles. The van der Waals surface area contributed by atoms with E-state index in [0.29, 0.717) is 17.1 Å². The highest BCUT2D eigenvalue weighted by Crippen LogP contribution is 2.34. The van der Waals surface area contributed by atoms with Crippen LogP contribution in [0.2, 0.25) is 0 Å². The Hall–Kier alpha value is -1.75. The average molecular weight is 312 g/mol. The van der Waals surface area contributed by atoms with Crippen molar-refractivity contribution in [2.75, 3.05) is 27.3 Å². The second kappa shape index (κ2) is 7.31. The molecular formula is C14H20N2O4S. The van der Waals surface area contributed by atoms with Gasteiger partial charge in [0.1, 0.15) is 0 Å². The lowest BCUT2D eigenvalue weighted by atomic mass is 10.2. The zero-order valence-corrected chi connectivity index (χ0v) is 13.2. The standard InChI is InChI=1S/C14H20N2O4S/c1-5-7-16(6-2)21(17,18)12-8-11(10-15)14(20-4)13(9-12)19-3/h1,8-9H,6-7,10,15H2,2-4H3. The van der Waals surface area contributed by atoms with E-state index in [4.69, 9.17) is 21.6 Å². The van der Waals surface area contributed by atoms with Gasteiger partial charge < -0.3 is 15.2 Å². The van der Waals surface area contributed by atoms with Gasteiger partial charge in [0.2, 0.25) is 10.0 Å². The highest BCUT2D eigenvalue weighted by Gasteiger charge is 2.25. The first-order chi connectivity index (χ1) is 9.95. The zero-order valence-electron chi connectivity index (χ0n) is 12.4. The second-order valence-corrected chi connectivity index (χ2v) is 6.10. The van der Waals surface area contributed by atoms with Crippen LogP contribution < -0.4 is 15.2 Å². The van der Waals surface area contributed by atoms with Crippen LogP contribution in [0.15, 0.2) is 17.0 Å². The molecule has 1 aromatic rings. The number of nitrogens with zero attached hydrogens (tertiary/aromatic N) is 1. The minimum Gasteiger partial charge on any atom is -0.493 e. The van der Waals surface area contributed by atoms with Gasteiger partial charge in [0.15, 0.2) is 11.5 Å². The maximum Gasteiger partial charge on any atom is 0.244 e. The second-order valence-electron chi connectivity index (χ2n) is 4.16. The van der Waals surface area contributed by atoms with Crippen LogP contribution in [0.5, 0.6) is 11.5 Å². The number of hydrogen-bond donors (Lipinski definition) is 1. The van der Waals surface area contributed by atoms with Gasteiger partial charge >= 0.3 is 0 Å². The number of rotatable bonds is 7. The number of terminal acetylenes is 1. The van der Waals surface area contributed by atoms with Crippen LogP contribution in [0, 0.1) is 12.3 Å². The van der Waals surface area contributed by atoms with E-state index in [1.807, 2.05) is 0 Å². The number of nitrogens with two attached hydrogens (primary N) is 1. The van der Waals surface area contributed by atoms with Gasteiger partial charge in [-0.05, 0) is 6.07 Å². The number of hydrogen-bond acceptors (Lipinski definition) is 5. The van der Waals surface area contributed by atoms with Gasteiger partial charge in [0.05, 0.1) is 25.7 Å². The van der Waals surface area contributed by atoms with Crippen molar-refractivity contribution in [3.8, 4) is 23.8 Å². The Labute approximate surface area is 125 Å². The summed E-state index contributed by atoms with van der Waals surface area (Å²) >= 11 is 0. The minimum absolute atomic E-state index is 0.00510. The Morgan fingerprint density at radius 2 is 2.00 bits per heavy atom. The molecule has 0 fully saturated rings. The summed E-state index contributed by atoms with van der Waals surface area (Å²) < 4.78 is 36.8. The predicted molar refractivity (Wildman–Crippen MR) is 80.7 cm³/mol. The monoisotopic (exact) mass is 312 g/mol. The van der Waals surface area contributed by atoms with Crippen molar-refractivity contribution in [3.05, 3.63) is 17.7 Å². The fourth-order valence-electron chi connectivity index (χ4n) is 1.93. The lowest BCUT2D eigenvalue weighted by Gasteiger charge is -2.20. The third-order valence-electron chi connectivity index (χ3n) is 3.01. The van der Waals surface area contributed by atoms with E-state index < -0.39 is 10.0 Å². The molecule has 7 heteroatoms. The van der Waals surface area contributed by atoms with E-state index in [0.717, 1.165) is 0 Å². The molecule has 6 nitrogen and oxygen atoms in total. The number of methoxy groups -OCH3 is 2. The van der Waals surface area contributed by atoms with Crippen molar-refractivity contribution < 1.29 is 17.9 Å². The molecule has 21 heavy (non-hydrogen) atoms. The largest absolute Gasteiger partial charge is 0.493 e. The van der Waals surface area contributed by atoms with Gasteiger partial charge in [0, 0.05) is 24.7 Å². The predicted octanol–water partition coefficient (Wildman–Crippen LogP) is 0.806. The summed E-state index contributed by atoms with van der Waals surface area (Å²) in [5.74, 6) is 3.09. The van der Waals surface area contributed by atoms with Gasteiger partial charge in [-0.25, -0.2) is 8.42 Å². The Bertz CT molecular complexity index is 610. The van der Waals surface area contributed by atoms with E-state index in [2.05, 4.69) is 5.92 Å². The van der Waals surface area contributed by atoms with Gasteiger partial charge in [0.25, 0.3) is 0 Å². The van der Waals surface area contributed by atoms with Crippen molar-refractivity contribution in [2.45, 2.75) is 18.4 Å². The van der Waals surface area contributed by atoms with Crippen LogP contribution in [-0.2, 0) is 16.6 Å². The molecule has 116 valence electrons. The van der Waals surface area contributed by atoms with Crippen LogP contribution in [0.4, 0.5) is 0 Å². The van der Waals surface area contributed by atoms with Gasteiger partial charge in [-0.2, -0.15) is 4.31 Å². The summed E-state index contributed by atoms with van der Waals surface area (Å²) in [4.78, 5) is 0.0812. The lowest BCUT2D eigenvalue weighted by molar-refractivity contribution is 0.350. The van der Waals surface area contributed by atoms with Crippen molar-refractivity contribution >= 4 is 10.0 Å². The molecule has 0 aliphatic heterocycles. The quantitative estimate of drug-likeness (QED) is 0.753.